The number of rotatable bonds is 5. The molecule has 1 aromatic carbocycles. The molecule has 0 atom stereocenters. The summed E-state index contributed by atoms with van der Waals surface area (Å²) in [6.07, 6.45) is 1.39. The fourth-order valence-electron chi connectivity index (χ4n) is 3.17. The number of carbonyl (C=O) groups is 1. The topological polar surface area (TPSA) is 55.1 Å². The first kappa shape index (κ1) is 20.8. The molecule has 1 aliphatic carbocycles. The normalized spacial score (nSPS) is 17.0. The number of carbonyl (C=O) groups excluding carboxylic acids is 1. The maximum Gasteiger partial charge on any atom is 0.416 e. The molecule has 0 heterocycles. The molecule has 136 valence electrons. The summed E-state index contributed by atoms with van der Waals surface area (Å²) >= 11 is 0. The third-order valence-electron chi connectivity index (χ3n) is 4.65. The van der Waals surface area contributed by atoms with Gasteiger partial charge in [0.15, 0.2) is 0 Å². The minimum Gasteiger partial charge on any atom is -0.352 e. The molecule has 0 aliphatic heterocycles. The van der Waals surface area contributed by atoms with Crippen LogP contribution in [0.15, 0.2) is 24.3 Å². The molecule has 1 aliphatic rings. The van der Waals surface area contributed by atoms with Crippen molar-refractivity contribution >= 4 is 18.3 Å². The van der Waals surface area contributed by atoms with Crippen molar-refractivity contribution in [2.24, 2.45) is 11.1 Å². The summed E-state index contributed by atoms with van der Waals surface area (Å²) in [6, 6.07) is 4.85. The third kappa shape index (κ3) is 5.67. The summed E-state index contributed by atoms with van der Waals surface area (Å²) in [5.41, 5.74) is 5.72. The van der Waals surface area contributed by atoms with E-state index in [1.165, 1.54) is 18.6 Å². The van der Waals surface area contributed by atoms with E-state index in [-0.39, 0.29) is 30.3 Å². The van der Waals surface area contributed by atoms with Crippen LogP contribution >= 0.6 is 12.4 Å². The highest BCUT2D eigenvalue weighted by Crippen LogP contribution is 2.38. The number of alkyl halides is 3. The molecular weight excluding hydrogens is 341 g/mol. The van der Waals surface area contributed by atoms with E-state index in [0.29, 0.717) is 18.5 Å². The highest BCUT2D eigenvalue weighted by Gasteiger charge is 2.33. The lowest BCUT2D eigenvalue weighted by molar-refractivity contribution is -0.137. The second-order valence-electron chi connectivity index (χ2n) is 6.41. The molecule has 3 N–H and O–H groups in total. The van der Waals surface area contributed by atoms with Gasteiger partial charge in [0.1, 0.15) is 0 Å². The van der Waals surface area contributed by atoms with Crippen molar-refractivity contribution in [2.75, 3.05) is 6.54 Å². The average molecular weight is 365 g/mol. The van der Waals surface area contributed by atoms with Gasteiger partial charge in [-0.2, -0.15) is 13.2 Å². The predicted molar refractivity (Wildman–Crippen MR) is 89.7 cm³/mol. The van der Waals surface area contributed by atoms with Crippen LogP contribution in [0.25, 0.3) is 0 Å². The fourth-order valence-corrected chi connectivity index (χ4v) is 3.17. The molecule has 0 unspecified atom stereocenters. The number of nitrogens with one attached hydrogen (secondary N) is 1. The summed E-state index contributed by atoms with van der Waals surface area (Å²) in [4.78, 5) is 12.1. The van der Waals surface area contributed by atoms with Crippen molar-refractivity contribution in [1.82, 2.24) is 5.32 Å². The average Bonchev–Trinajstić information content (AvgIpc) is 2.53. The first-order valence-corrected chi connectivity index (χ1v) is 7.98. The van der Waals surface area contributed by atoms with Gasteiger partial charge in [0.25, 0.3) is 0 Å². The van der Waals surface area contributed by atoms with Crippen molar-refractivity contribution in [1.29, 1.82) is 0 Å². The van der Waals surface area contributed by atoms with Gasteiger partial charge in [-0.05, 0) is 42.5 Å². The first-order chi connectivity index (χ1) is 10.8. The van der Waals surface area contributed by atoms with Crippen LogP contribution in [-0.4, -0.2) is 12.5 Å². The van der Waals surface area contributed by atoms with Crippen molar-refractivity contribution in [3.05, 3.63) is 35.4 Å². The molecule has 2 rings (SSSR count). The van der Waals surface area contributed by atoms with E-state index in [1.807, 2.05) is 0 Å². The van der Waals surface area contributed by atoms with Gasteiger partial charge in [-0.25, -0.2) is 0 Å². The Hall–Kier alpha value is -1.27. The van der Waals surface area contributed by atoms with Gasteiger partial charge < -0.3 is 11.1 Å². The Labute approximate surface area is 146 Å². The molecule has 1 fully saturated rings. The highest BCUT2D eigenvalue weighted by atomic mass is 35.5. The maximum atomic E-state index is 12.5. The minimum atomic E-state index is -4.34. The smallest absolute Gasteiger partial charge is 0.352 e. The number of nitrogens with two attached hydrogens (primary N) is 1. The number of hydrogen-bond donors (Lipinski definition) is 2. The van der Waals surface area contributed by atoms with Crippen molar-refractivity contribution in [3.63, 3.8) is 0 Å². The van der Waals surface area contributed by atoms with Gasteiger partial charge in [-0.3, -0.25) is 4.79 Å². The van der Waals surface area contributed by atoms with Crippen LogP contribution in [0.3, 0.4) is 0 Å². The van der Waals surface area contributed by atoms with Gasteiger partial charge >= 0.3 is 6.18 Å². The Morgan fingerprint density at radius 1 is 1.12 bits per heavy atom. The van der Waals surface area contributed by atoms with E-state index >= 15 is 0 Å². The lowest BCUT2D eigenvalue weighted by Gasteiger charge is -2.35. The van der Waals surface area contributed by atoms with E-state index in [0.717, 1.165) is 37.8 Å². The summed E-state index contributed by atoms with van der Waals surface area (Å²) in [5.74, 6) is -0.0859. The molecule has 0 saturated heterocycles. The SMILES string of the molecule is Cl.NCC1(CC(=O)NCc2ccc(C(F)(F)F)cc2)CCCCC1. The Morgan fingerprint density at radius 2 is 1.71 bits per heavy atom. The largest absolute Gasteiger partial charge is 0.416 e. The summed E-state index contributed by atoms with van der Waals surface area (Å²) in [7, 11) is 0. The molecule has 0 spiro atoms. The van der Waals surface area contributed by atoms with Crippen molar-refractivity contribution in [3.8, 4) is 0 Å². The Kier molecular flexibility index (Phi) is 7.55. The molecule has 3 nitrogen and oxygen atoms in total. The standard InChI is InChI=1S/C17H23F3N2O.ClH/c18-17(19,20)14-6-4-13(5-7-14)11-22-15(23)10-16(12-21)8-2-1-3-9-16;/h4-7H,1-3,8-12,21H2,(H,22,23);1H. The Balaban J connectivity index is 0.00000288. The molecule has 24 heavy (non-hydrogen) atoms. The number of halogens is 4. The quantitative estimate of drug-likeness (QED) is 0.828. The Bertz CT molecular complexity index is 526. The zero-order valence-electron chi connectivity index (χ0n) is 13.5. The summed E-state index contributed by atoms with van der Waals surface area (Å²) in [6.45, 7) is 0.734. The van der Waals surface area contributed by atoms with Gasteiger partial charge in [0, 0.05) is 13.0 Å². The molecule has 7 heteroatoms. The second-order valence-corrected chi connectivity index (χ2v) is 6.41. The van der Waals surface area contributed by atoms with E-state index in [4.69, 9.17) is 5.73 Å². The van der Waals surface area contributed by atoms with E-state index in [2.05, 4.69) is 5.32 Å². The van der Waals surface area contributed by atoms with Crippen LogP contribution in [-0.2, 0) is 17.5 Å². The molecule has 0 aromatic heterocycles. The lowest BCUT2D eigenvalue weighted by atomic mass is 9.71. The highest BCUT2D eigenvalue weighted by molar-refractivity contribution is 5.85. The zero-order chi connectivity index (χ0) is 16.9. The second kappa shape index (κ2) is 8.72. The lowest BCUT2D eigenvalue weighted by Crippen LogP contribution is -2.38. The fraction of sp³-hybridized carbons (Fsp3) is 0.588. The van der Waals surface area contributed by atoms with Crippen LogP contribution in [0.4, 0.5) is 13.2 Å². The molecule has 1 aromatic rings. The molecule has 0 bridgehead atoms. The molecule has 0 radical (unpaired) electrons. The summed E-state index contributed by atoms with van der Waals surface area (Å²) < 4.78 is 37.5. The van der Waals surface area contributed by atoms with Crippen LogP contribution in [0, 0.1) is 5.41 Å². The van der Waals surface area contributed by atoms with Crippen molar-refractivity contribution in [2.45, 2.75) is 51.2 Å². The first-order valence-electron chi connectivity index (χ1n) is 7.98. The van der Waals surface area contributed by atoms with E-state index in [1.54, 1.807) is 0 Å². The van der Waals surface area contributed by atoms with Gasteiger partial charge in [-0.15, -0.1) is 12.4 Å². The van der Waals surface area contributed by atoms with Crippen LogP contribution in [0.1, 0.15) is 49.7 Å². The predicted octanol–water partition coefficient (Wildman–Crippen LogP) is 4.04. The van der Waals surface area contributed by atoms with Crippen LogP contribution in [0.2, 0.25) is 0 Å². The Morgan fingerprint density at radius 3 is 2.21 bits per heavy atom. The van der Waals surface area contributed by atoms with Crippen LogP contribution in [0.5, 0.6) is 0 Å². The third-order valence-corrected chi connectivity index (χ3v) is 4.65. The maximum absolute atomic E-state index is 12.5. The van der Waals surface area contributed by atoms with E-state index in [9.17, 15) is 18.0 Å². The van der Waals surface area contributed by atoms with E-state index < -0.39 is 11.7 Å². The van der Waals surface area contributed by atoms with Crippen molar-refractivity contribution < 1.29 is 18.0 Å². The monoisotopic (exact) mass is 364 g/mol. The van der Waals surface area contributed by atoms with Gasteiger partial charge in [-0.1, -0.05) is 31.4 Å². The number of benzene rings is 1. The molecule has 1 amide bonds. The molecular formula is C17H24ClF3N2O. The van der Waals surface area contributed by atoms with Gasteiger partial charge in [0.2, 0.25) is 5.91 Å². The molecule has 1 saturated carbocycles. The number of amides is 1. The zero-order valence-corrected chi connectivity index (χ0v) is 14.3. The number of hydrogen-bond acceptors (Lipinski definition) is 2. The minimum absolute atomic E-state index is 0. The van der Waals surface area contributed by atoms with Gasteiger partial charge in [0.05, 0.1) is 5.56 Å². The summed E-state index contributed by atoms with van der Waals surface area (Å²) in [5, 5.41) is 2.79. The van der Waals surface area contributed by atoms with Crippen LogP contribution < -0.4 is 11.1 Å².